The lowest BCUT2D eigenvalue weighted by molar-refractivity contribution is -0.133. The van der Waals surface area contributed by atoms with Crippen molar-refractivity contribution < 1.29 is 28.6 Å². The van der Waals surface area contributed by atoms with Crippen molar-refractivity contribution in [3.05, 3.63) is 59.4 Å². The fourth-order valence-corrected chi connectivity index (χ4v) is 3.61. The average molecular weight is 436 g/mol. The van der Waals surface area contributed by atoms with Gasteiger partial charge in [-0.3, -0.25) is 9.59 Å². The molecule has 0 unspecified atom stereocenters. The van der Waals surface area contributed by atoms with E-state index in [-0.39, 0.29) is 28.7 Å². The summed E-state index contributed by atoms with van der Waals surface area (Å²) >= 11 is 1.25. The molecule has 6 nitrogen and oxygen atoms in total. The van der Waals surface area contributed by atoms with Crippen molar-refractivity contribution in [1.82, 2.24) is 4.90 Å². The zero-order valence-electron chi connectivity index (χ0n) is 17.1. The summed E-state index contributed by atoms with van der Waals surface area (Å²) in [7, 11) is 2.65. The minimum absolute atomic E-state index is 0.0236. The van der Waals surface area contributed by atoms with Crippen LogP contribution < -0.4 is 9.47 Å². The number of hydrogen-bond donors (Lipinski definition) is 1. The van der Waals surface area contributed by atoms with Gasteiger partial charge in [-0.1, -0.05) is 30.3 Å². The number of carboxylic acid groups (broad SMARTS) is 1. The number of carbonyl (C=O) groups is 2. The first kappa shape index (κ1) is 23.5. The summed E-state index contributed by atoms with van der Waals surface area (Å²) in [6, 6.07) is 12.7. The van der Waals surface area contributed by atoms with E-state index in [9.17, 15) is 14.0 Å². The van der Waals surface area contributed by atoms with E-state index < -0.39 is 11.8 Å². The first-order chi connectivity index (χ1) is 14.5. The molecule has 0 aliphatic heterocycles. The summed E-state index contributed by atoms with van der Waals surface area (Å²) in [6.07, 6.45) is 1.55. The largest absolute Gasteiger partial charge is 0.494 e. The van der Waals surface area contributed by atoms with Crippen LogP contribution in [0.3, 0.4) is 0 Å². The Bertz CT molecular complexity index is 822. The fourth-order valence-electron chi connectivity index (χ4n) is 2.94. The molecule has 1 amide bonds. The van der Waals surface area contributed by atoms with Crippen molar-refractivity contribution >= 4 is 23.6 Å². The molecule has 8 heteroatoms. The highest BCUT2D eigenvalue weighted by Crippen LogP contribution is 2.29. The number of ether oxygens (including phenoxy) is 2. The second-order valence-electron chi connectivity index (χ2n) is 6.52. The van der Waals surface area contributed by atoms with Gasteiger partial charge in [-0.2, -0.15) is 4.39 Å². The molecule has 162 valence electrons. The van der Waals surface area contributed by atoms with Gasteiger partial charge >= 0.3 is 5.97 Å². The minimum atomic E-state index is -0.894. The van der Waals surface area contributed by atoms with E-state index in [2.05, 4.69) is 0 Å². The quantitative estimate of drug-likeness (QED) is 0.512. The number of aliphatic carboxylic acids is 1. The first-order valence-corrected chi connectivity index (χ1v) is 10.7. The Kier molecular flexibility index (Phi) is 9.47. The first-order valence-electron chi connectivity index (χ1n) is 9.50. The van der Waals surface area contributed by atoms with E-state index in [1.54, 1.807) is 4.90 Å². The Morgan fingerprint density at radius 3 is 2.27 bits per heavy atom. The number of methoxy groups -OCH3 is 2. The number of thioether (sulfide) groups is 1. The molecule has 30 heavy (non-hydrogen) atoms. The van der Waals surface area contributed by atoms with Crippen LogP contribution >= 0.6 is 11.8 Å². The lowest BCUT2D eigenvalue weighted by Gasteiger charge is -2.23. The Hall–Kier alpha value is -2.74. The maximum absolute atomic E-state index is 14.2. The van der Waals surface area contributed by atoms with Crippen LogP contribution in [0.25, 0.3) is 0 Å². The highest BCUT2D eigenvalue weighted by atomic mass is 32.2. The molecule has 0 aliphatic rings. The summed E-state index contributed by atoms with van der Waals surface area (Å²) in [4.78, 5) is 25.5. The van der Waals surface area contributed by atoms with Crippen LogP contribution in [0.4, 0.5) is 4.39 Å². The number of amides is 1. The third-order valence-corrected chi connectivity index (χ3v) is 5.37. The zero-order valence-corrected chi connectivity index (χ0v) is 17.9. The lowest BCUT2D eigenvalue weighted by atomic mass is 10.1. The van der Waals surface area contributed by atoms with Crippen molar-refractivity contribution in [2.75, 3.05) is 38.8 Å². The molecule has 0 radical (unpaired) electrons. The van der Waals surface area contributed by atoms with E-state index in [4.69, 9.17) is 14.6 Å². The van der Waals surface area contributed by atoms with Gasteiger partial charge in [0.2, 0.25) is 5.82 Å². The highest BCUT2D eigenvalue weighted by molar-refractivity contribution is 7.99. The van der Waals surface area contributed by atoms with Crippen molar-refractivity contribution in [3.63, 3.8) is 0 Å². The molecule has 0 atom stereocenters. The van der Waals surface area contributed by atoms with Crippen LogP contribution in [0.2, 0.25) is 0 Å². The number of hydrogen-bond acceptors (Lipinski definition) is 5. The second-order valence-corrected chi connectivity index (χ2v) is 7.63. The van der Waals surface area contributed by atoms with Gasteiger partial charge < -0.3 is 19.5 Å². The Labute approximate surface area is 180 Å². The number of aryl methyl sites for hydroxylation is 1. The van der Waals surface area contributed by atoms with Gasteiger partial charge in [0.15, 0.2) is 11.5 Å². The minimum Gasteiger partial charge on any atom is -0.494 e. The van der Waals surface area contributed by atoms with Gasteiger partial charge in [-0.15, -0.1) is 11.8 Å². The van der Waals surface area contributed by atoms with Crippen LogP contribution in [-0.2, 0) is 11.2 Å². The van der Waals surface area contributed by atoms with Gasteiger partial charge in [-0.05, 0) is 30.5 Å². The maximum Gasteiger partial charge on any atom is 0.313 e. The molecule has 0 saturated carbocycles. The fraction of sp³-hybridized carbons (Fsp3) is 0.364. The molecule has 0 fully saturated rings. The number of nitrogens with zero attached hydrogens (tertiary/aromatic N) is 1. The van der Waals surface area contributed by atoms with E-state index >= 15 is 0 Å². The number of halogens is 1. The highest BCUT2D eigenvalue weighted by Gasteiger charge is 2.20. The van der Waals surface area contributed by atoms with Gasteiger partial charge in [0, 0.05) is 24.4 Å². The smallest absolute Gasteiger partial charge is 0.313 e. The van der Waals surface area contributed by atoms with E-state index in [1.165, 1.54) is 43.7 Å². The zero-order chi connectivity index (χ0) is 21.9. The lowest BCUT2D eigenvalue weighted by Crippen LogP contribution is -2.34. The third-order valence-electron chi connectivity index (χ3n) is 4.45. The molecule has 0 saturated heterocycles. The van der Waals surface area contributed by atoms with Crippen LogP contribution in [0.15, 0.2) is 42.5 Å². The predicted octanol–water partition coefficient (Wildman–Crippen LogP) is 3.74. The number of rotatable bonds is 12. The number of carbonyl (C=O) groups excluding carboxylic acids is 1. The van der Waals surface area contributed by atoms with Crippen molar-refractivity contribution in [1.29, 1.82) is 0 Å². The second kappa shape index (κ2) is 12.1. The molecule has 2 rings (SSSR count). The standard InChI is InChI=1S/C22H26FNO5S/c1-28-18-13-17(14-19(29-2)21(18)23)22(27)24(11-12-30-15-20(25)26)10-6-9-16-7-4-3-5-8-16/h3-5,7-8,13-14H,6,9-12,15H2,1-2H3,(H,25,26). The maximum atomic E-state index is 14.2. The van der Waals surface area contributed by atoms with Gasteiger partial charge in [0.25, 0.3) is 5.91 Å². The topological polar surface area (TPSA) is 76.1 Å². The normalized spacial score (nSPS) is 10.5. The summed E-state index contributed by atoms with van der Waals surface area (Å²) in [5, 5.41) is 8.81. The van der Waals surface area contributed by atoms with Crippen LogP contribution in [-0.4, -0.2) is 60.7 Å². The average Bonchev–Trinajstić information content (AvgIpc) is 2.75. The summed E-state index contributed by atoms with van der Waals surface area (Å²) in [5.41, 5.74) is 1.43. The van der Waals surface area contributed by atoms with E-state index in [1.807, 2.05) is 30.3 Å². The summed E-state index contributed by atoms with van der Waals surface area (Å²) < 4.78 is 24.3. The van der Waals surface area contributed by atoms with Gasteiger partial charge in [-0.25, -0.2) is 0 Å². The Morgan fingerprint density at radius 1 is 1.07 bits per heavy atom. The third kappa shape index (κ3) is 6.95. The molecule has 0 spiro atoms. The molecular weight excluding hydrogens is 409 g/mol. The van der Waals surface area contributed by atoms with Crippen molar-refractivity contribution in [2.45, 2.75) is 12.8 Å². The Balaban J connectivity index is 2.12. The number of benzene rings is 2. The molecule has 0 bridgehead atoms. The molecule has 0 heterocycles. The van der Waals surface area contributed by atoms with Crippen LogP contribution in [0, 0.1) is 5.82 Å². The SMILES string of the molecule is COc1cc(C(=O)N(CCCc2ccccc2)CCSCC(=O)O)cc(OC)c1F. The molecule has 1 N–H and O–H groups in total. The van der Waals surface area contributed by atoms with Crippen LogP contribution in [0.1, 0.15) is 22.3 Å². The summed E-state index contributed by atoms with van der Waals surface area (Å²) in [5.74, 6) is -1.51. The monoisotopic (exact) mass is 435 g/mol. The van der Waals surface area contributed by atoms with Crippen LogP contribution in [0.5, 0.6) is 11.5 Å². The molecule has 0 aromatic heterocycles. The molecule has 2 aromatic rings. The summed E-state index contributed by atoms with van der Waals surface area (Å²) in [6.45, 7) is 0.872. The molecule has 2 aromatic carbocycles. The van der Waals surface area contributed by atoms with E-state index in [0.717, 1.165) is 12.8 Å². The van der Waals surface area contributed by atoms with E-state index in [0.29, 0.717) is 18.8 Å². The molecule has 0 aliphatic carbocycles. The van der Waals surface area contributed by atoms with Gasteiger partial charge in [0.05, 0.1) is 20.0 Å². The molecular formula is C22H26FNO5S. The van der Waals surface area contributed by atoms with Crippen molar-refractivity contribution in [3.8, 4) is 11.5 Å². The van der Waals surface area contributed by atoms with Gasteiger partial charge in [0.1, 0.15) is 0 Å². The Morgan fingerprint density at radius 2 is 1.70 bits per heavy atom. The van der Waals surface area contributed by atoms with Crippen molar-refractivity contribution in [2.24, 2.45) is 0 Å². The predicted molar refractivity (Wildman–Crippen MR) is 115 cm³/mol. The number of carboxylic acids is 1.